The molecular weight excluding hydrogens is 324 g/mol. The predicted octanol–water partition coefficient (Wildman–Crippen LogP) is 4.75. The maximum atomic E-state index is 12.9. The Bertz CT molecular complexity index is 950. The fourth-order valence-corrected chi connectivity index (χ4v) is 2.86. The SMILES string of the molecule is CCC(C)NC(=O)c1cc(-c2cccc(OC)c2)nc2ccc(C)cc12. The lowest BCUT2D eigenvalue weighted by Crippen LogP contribution is -2.32. The first-order valence-electron chi connectivity index (χ1n) is 8.88. The van der Waals surface area contributed by atoms with Crippen molar-refractivity contribution in [2.75, 3.05) is 7.11 Å². The highest BCUT2D eigenvalue weighted by Crippen LogP contribution is 2.28. The number of rotatable bonds is 5. The molecule has 0 aliphatic rings. The summed E-state index contributed by atoms with van der Waals surface area (Å²) in [5, 5.41) is 3.94. The maximum Gasteiger partial charge on any atom is 0.252 e. The molecule has 3 rings (SSSR count). The first-order chi connectivity index (χ1) is 12.5. The van der Waals surface area contributed by atoms with Crippen LogP contribution in [-0.2, 0) is 0 Å². The summed E-state index contributed by atoms with van der Waals surface area (Å²) < 4.78 is 5.32. The van der Waals surface area contributed by atoms with Crippen molar-refractivity contribution in [2.24, 2.45) is 0 Å². The molecule has 4 heteroatoms. The highest BCUT2D eigenvalue weighted by molar-refractivity contribution is 6.07. The van der Waals surface area contributed by atoms with Gasteiger partial charge in [0.1, 0.15) is 5.75 Å². The molecule has 0 radical (unpaired) electrons. The van der Waals surface area contributed by atoms with Gasteiger partial charge < -0.3 is 10.1 Å². The van der Waals surface area contributed by atoms with Crippen LogP contribution in [0.15, 0.2) is 48.5 Å². The normalized spacial score (nSPS) is 12.0. The number of carbonyl (C=O) groups excluding carboxylic acids is 1. The number of pyridine rings is 1. The third-order valence-electron chi connectivity index (χ3n) is 4.56. The second-order valence-electron chi connectivity index (χ2n) is 6.59. The second-order valence-corrected chi connectivity index (χ2v) is 6.59. The zero-order chi connectivity index (χ0) is 18.7. The average Bonchev–Trinajstić information content (AvgIpc) is 2.66. The Hall–Kier alpha value is -2.88. The Morgan fingerprint density at radius 3 is 2.73 bits per heavy atom. The molecule has 1 atom stereocenters. The Morgan fingerprint density at radius 2 is 2.00 bits per heavy atom. The zero-order valence-electron chi connectivity index (χ0n) is 15.7. The molecule has 0 bridgehead atoms. The van der Waals surface area contributed by atoms with E-state index in [0.717, 1.165) is 39.9 Å². The van der Waals surface area contributed by atoms with Crippen molar-refractivity contribution >= 4 is 16.8 Å². The molecular formula is C22H24N2O2. The van der Waals surface area contributed by atoms with Crippen molar-refractivity contribution in [1.29, 1.82) is 0 Å². The van der Waals surface area contributed by atoms with Gasteiger partial charge in [-0.15, -0.1) is 0 Å². The molecule has 0 saturated heterocycles. The average molecular weight is 348 g/mol. The monoisotopic (exact) mass is 348 g/mol. The molecule has 0 saturated carbocycles. The van der Waals surface area contributed by atoms with Crippen LogP contribution in [0.5, 0.6) is 5.75 Å². The lowest BCUT2D eigenvalue weighted by Gasteiger charge is -2.14. The van der Waals surface area contributed by atoms with Gasteiger partial charge in [0.15, 0.2) is 0 Å². The Kier molecular flexibility index (Phi) is 5.21. The first kappa shape index (κ1) is 17.9. The van der Waals surface area contributed by atoms with Crippen molar-refractivity contribution in [3.05, 3.63) is 59.7 Å². The van der Waals surface area contributed by atoms with Crippen LogP contribution in [0.25, 0.3) is 22.2 Å². The minimum Gasteiger partial charge on any atom is -0.497 e. The minimum atomic E-state index is -0.0681. The van der Waals surface area contributed by atoms with Crippen LogP contribution < -0.4 is 10.1 Å². The molecule has 1 unspecified atom stereocenters. The topological polar surface area (TPSA) is 51.2 Å². The van der Waals surface area contributed by atoms with E-state index in [-0.39, 0.29) is 11.9 Å². The number of ether oxygens (including phenoxy) is 1. The third kappa shape index (κ3) is 3.69. The van der Waals surface area contributed by atoms with Crippen LogP contribution in [0.3, 0.4) is 0 Å². The predicted molar refractivity (Wildman–Crippen MR) is 106 cm³/mol. The van der Waals surface area contributed by atoms with Gasteiger partial charge >= 0.3 is 0 Å². The van der Waals surface area contributed by atoms with E-state index in [2.05, 4.69) is 12.2 Å². The Labute approximate surface area is 154 Å². The van der Waals surface area contributed by atoms with Gasteiger partial charge in [0.25, 0.3) is 5.91 Å². The molecule has 0 aliphatic heterocycles. The summed E-state index contributed by atoms with van der Waals surface area (Å²) in [6, 6.07) is 15.7. The number of aromatic nitrogens is 1. The van der Waals surface area contributed by atoms with E-state index in [9.17, 15) is 4.79 Å². The molecule has 1 N–H and O–H groups in total. The highest BCUT2D eigenvalue weighted by Gasteiger charge is 2.16. The largest absolute Gasteiger partial charge is 0.497 e. The number of amides is 1. The minimum absolute atomic E-state index is 0.0681. The number of fused-ring (bicyclic) bond motifs is 1. The van der Waals surface area contributed by atoms with Crippen LogP contribution in [0.2, 0.25) is 0 Å². The summed E-state index contributed by atoms with van der Waals surface area (Å²) in [4.78, 5) is 17.7. The number of aryl methyl sites for hydroxylation is 1. The van der Waals surface area contributed by atoms with Crippen LogP contribution >= 0.6 is 0 Å². The van der Waals surface area contributed by atoms with E-state index in [1.54, 1.807) is 7.11 Å². The maximum absolute atomic E-state index is 12.9. The van der Waals surface area contributed by atoms with Gasteiger partial charge in [-0.05, 0) is 50.6 Å². The molecule has 0 spiro atoms. The van der Waals surface area contributed by atoms with Crippen molar-refractivity contribution in [3.8, 4) is 17.0 Å². The number of benzene rings is 2. The molecule has 1 aromatic heterocycles. The van der Waals surface area contributed by atoms with Gasteiger partial charge in [-0.3, -0.25) is 4.79 Å². The summed E-state index contributed by atoms with van der Waals surface area (Å²) >= 11 is 0. The van der Waals surface area contributed by atoms with Gasteiger partial charge in [-0.25, -0.2) is 4.98 Å². The fraction of sp³-hybridized carbons (Fsp3) is 0.273. The number of nitrogens with one attached hydrogen (secondary N) is 1. The second kappa shape index (κ2) is 7.56. The molecule has 3 aromatic rings. The van der Waals surface area contributed by atoms with Crippen LogP contribution in [0.1, 0.15) is 36.2 Å². The number of nitrogens with zero attached hydrogens (tertiary/aromatic N) is 1. The quantitative estimate of drug-likeness (QED) is 0.724. The summed E-state index contributed by atoms with van der Waals surface area (Å²) in [6.07, 6.45) is 0.885. The summed E-state index contributed by atoms with van der Waals surface area (Å²) in [5.74, 6) is 0.695. The van der Waals surface area contributed by atoms with Crippen molar-refractivity contribution in [2.45, 2.75) is 33.2 Å². The smallest absolute Gasteiger partial charge is 0.252 e. The molecule has 134 valence electrons. The summed E-state index contributed by atoms with van der Waals surface area (Å²) in [7, 11) is 1.64. The third-order valence-corrected chi connectivity index (χ3v) is 4.56. The number of hydrogen-bond donors (Lipinski definition) is 1. The van der Waals surface area contributed by atoms with Crippen molar-refractivity contribution in [3.63, 3.8) is 0 Å². The lowest BCUT2D eigenvalue weighted by atomic mass is 10.0. The van der Waals surface area contributed by atoms with E-state index in [1.165, 1.54) is 0 Å². The van der Waals surface area contributed by atoms with Crippen molar-refractivity contribution < 1.29 is 9.53 Å². The number of hydrogen-bond acceptors (Lipinski definition) is 3. The fourth-order valence-electron chi connectivity index (χ4n) is 2.86. The zero-order valence-corrected chi connectivity index (χ0v) is 15.7. The highest BCUT2D eigenvalue weighted by atomic mass is 16.5. The lowest BCUT2D eigenvalue weighted by molar-refractivity contribution is 0.0941. The van der Waals surface area contributed by atoms with E-state index < -0.39 is 0 Å². The van der Waals surface area contributed by atoms with Gasteiger partial charge in [0.05, 0.1) is 23.9 Å². The Balaban J connectivity index is 2.17. The molecule has 26 heavy (non-hydrogen) atoms. The standard InChI is InChI=1S/C22H24N2O2/c1-5-15(3)23-22(25)19-13-21(16-7-6-8-17(12-16)26-4)24-20-10-9-14(2)11-18(19)20/h6-13,15H,5H2,1-4H3,(H,23,25). The molecule has 0 fully saturated rings. The van der Waals surface area contributed by atoms with Crippen LogP contribution in [0, 0.1) is 6.92 Å². The summed E-state index contributed by atoms with van der Waals surface area (Å²) in [6.45, 7) is 6.09. The van der Waals surface area contributed by atoms with E-state index in [4.69, 9.17) is 9.72 Å². The molecule has 1 amide bonds. The first-order valence-corrected chi connectivity index (χ1v) is 8.88. The Morgan fingerprint density at radius 1 is 1.19 bits per heavy atom. The van der Waals surface area contributed by atoms with Gasteiger partial charge in [-0.2, -0.15) is 0 Å². The van der Waals surface area contributed by atoms with E-state index in [0.29, 0.717) is 5.56 Å². The van der Waals surface area contributed by atoms with Gasteiger partial charge in [-0.1, -0.05) is 30.7 Å². The van der Waals surface area contributed by atoms with Gasteiger partial charge in [0, 0.05) is 17.0 Å². The molecule has 0 aliphatic carbocycles. The summed E-state index contributed by atoms with van der Waals surface area (Å²) in [5.41, 5.74) is 4.24. The molecule has 2 aromatic carbocycles. The number of methoxy groups -OCH3 is 1. The molecule has 1 heterocycles. The van der Waals surface area contributed by atoms with Gasteiger partial charge in [0.2, 0.25) is 0 Å². The van der Waals surface area contributed by atoms with E-state index >= 15 is 0 Å². The number of carbonyl (C=O) groups is 1. The molecule has 4 nitrogen and oxygen atoms in total. The van der Waals surface area contributed by atoms with E-state index in [1.807, 2.05) is 62.4 Å². The van der Waals surface area contributed by atoms with Crippen LogP contribution in [0.4, 0.5) is 0 Å². The van der Waals surface area contributed by atoms with Crippen LogP contribution in [-0.4, -0.2) is 24.0 Å². The van der Waals surface area contributed by atoms with Crippen molar-refractivity contribution in [1.82, 2.24) is 10.3 Å².